The second-order valence-electron chi connectivity index (χ2n) is 15.3. The van der Waals surface area contributed by atoms with E-state index in [1.54, 1.807) is 36.7 Å². The highest BCUT2D eigenvalue weighted by Crippen LogP contribution is 2.18. The number of carbonyl (C=O) groups is 3. The molecular weight excluding hydrogens is 891 g/mol. The molecule has 0 aliphatic rings. The lowest BCUT2D eigenvalue weighted by Crippen LogP contribution is -2.06. The smallest absolute Gasteiger partial charge is 0.337 e. The Morgan fingerprint density at radius 2 is 1.12 bits per heavy atom. The summed E-state index contributed by atoms with van der Waals surface area (Å²) in [5, 5.41) is 19.1. The van der Waals surface area contributed by atoms with Gasteiger partial charge in [-0.3, -0.25) is 33.6 Å². The van der Waals surface area contributed by atoms with Gasteiger partial charge in [-0.1, -0.05) is 34.9 Å². The summed E-state index contributed by atoms with van der Waals surface area (Å²) in [5.41, 5.74) is 9.93. The molecule has 0 aliphatic carbocycles. The van der Waals surface area contributed by atoms with Gasteiger partial charge in [0.05, 0.1) is 103 Å². The fraction of sp³-hybridized carbons (Fsp3) is 0.204. The number of esters is 3. The summed E-state index contributed by atoms with van der Waals surface area (Å²) in [6.45, 7) is 7.00. The number of hydrogen-bond acceptors (Lipinski definition) is 15. The molecule has 18 nitrogen and oxygen atoms in total. The van der Waals surface area contributed by atoms with Gasteiger partial charge in [-0.2, -0.15) is 23.7 Å². The van der Waals surface area contributed by atoms with E-state index in [1.807, 2.05) is 52.2 Å². The van der Waals surface area contributed by atoms with Gasteiger partial charge in [0.15, 0.2) is 0 Å². The zero-order chi connectivity index (χ0) is 48.8. The van der Waals surface area contributed by atoms with Crippen LogP contribution in [-0.2, 0) is 48.2 Å². The Morgan fingerprint density at radius 3 is 1.71 bits per heavy atom. The number of methoxy groups -OCH3 is 3. The summed E-state index contributed by atoms with van der Waals surface area (Å²) in [6.07, 6.45) is 11.2. The van der Waals surface area contributed by atoms with E-state index in [1.165, 1.54) is 61.7 Å². The van der Waals surface area contributed by atoms with Crippen molar-refractivity contribution in [1.29, 1.82) is 0 Å². The predicted molar refractivity (Wildman–Crippen MR) is 254 cm³/mol. The van der Waals surface area contributed by atoms with E-state index in [-0.39, 0.29) is 18.5 Å². The molecule has 1 N–H and O–H groups in total. The van der Waals surface area contributed by atoms with E-state index >= 15 is 0 Å². The van der Waals surface area contributed by atoms with Crippen molar-refractivity contribution < 1.29 is 41.2 Å². The number of fused-ring (bicyclic) bond motifs is 3. The van der Waals surface area contributed by atoms with Crippen molar-refractivity contribution in [3.8, 4) is 0 Å². The van der Waals surface area contributed by atoms with Crippen LogP contribution >= 0.6 is 0 Å². The van der Waals surface area contributed by atoms with E-state index in [4.69, 9.17) is 9.47 Å². The second-order valence-corrected chi connectivity index (χ2v) is 16.9. The Balaban J connectivity index is 0.000000154. The monoisotopic (exact) mass is 939 g/mol. The molecular formula is C49H49N9O9S. The summed E-state index contributed by atoms with van der Waals surface area (Å²) < 4.78 is 43.7. The summed E-state index contributed by atoms with van der Waals surface area (Å²) in [7, 11) is 0.475. The van der Waals surface area contributed by atoms with Crippen LogP contribution in [0.3, 0.4) is 0 Å². The predicted octanol–water partition coefficient (Wildman–Crippen LogP) is 7.36. The van der Waals surface area contributed by atoms with Gasteiger partial charge >= 0.3 is 17.9 Å². The Hall–Kier alpha value is -8.16. The minimum absolute atomic E-state index is 0.205. The van der Waals surface area contributed by atoms with E-state index in [9.17, 15) is 22.8 Å². The molecule has 3 aromatic carbocycles. The van der Waals surface area contributed by atoms with Crippen molar-refractivity contribution in [2.75, 3.05) is 27.6 Å². The number of rotatable bonds is 10. The summed E-state index contributed by atoms with van der Waals surface area (Å²) in [5.74, 6) is -1.23. The zero-order valence-electron chi connectivity index (χ0n) is 38.4. The lowest BCUT2D eigenvalue weighted by Gasteiger charge is -2.05. The van der Waals surface area contributed by atoms with Crippen LogP contribution in [0.15, 0.2) is 128 Å². The fourth-order valence-electron chi connectivity index (χ4n) is 6.58. The number of nitrogens with zero attached hydrogens (tertiary/aromatic N) is 8. The molecule has 0 saturated carbocycles. The number of aryl methyl sites for hydroxylation is 3. The molecule has 350 valence electrons. The molecule has 0 atom stereocenters. The maximum absolute atomic E-state index is 11.5. The van der Waals surface area contributed by atoms with E-state index in [0.717, 1.165) is 45.0 Å². The van der Waals surface area contributed by atoms with Crippen LogP contribution in [0.4, 0.5) is 0 Å². The molecule has 68 heavy (non-hydrogen) atoms. The molecule has 0 saturated heterocycles. The number of H-pyrrole nitrogens is 1. The Bertz CT molecular complexity index is 3300. The maximum atomic E-state index is 11.5. The van der Waals surface area contributed by atoms with E-state index in [2.05, 4.69) is 95.4 Å². The molecule has 6 aromatic heterocycles. The third-order valence-electron chi connectivity index (χ3n) is 9.87. The standard InChI is InChI=1S/2C16H15N3O2.C9H11NO5S.C8H8N2/c1-11-3-4-15-13(7-11)9-19(18-15)10-14-8-12(5-6-17-14)16(20)21-2;1-11-3-4-15-13(7-11)9-18-19(15)10-14-8-12(5-6-17-14)16(20)21-2;1-14-9(11)7-3-4-10-8(5-7)6-15-16(2,12)13;1-6-2-3-8-7(4-6)5-9-10-8/h2*3-9H,10H2,1-2H3;3-5H,6H2,1-2H3;2-5H,1H3,(H,9,10). The van der Waals surface area contributed by atoms with Gasteiger partial charge in [-0.25, -0.2) is 14.4 Å². The lowest BCUT2D eigenvalue weighted by atomic mass is 10.2. The van der Waals surface area contributed by atoms with E-state index in [0.29, 0.717) is 35.5 Å². The van der Waals surface area contributed by atoms with Crippen LogP contribution in [-0.4, -0.2) is 98.6 Å². The minimum Gasteiger partial charge on any atom is -0.465 e. The quantitative estimate of drug-likeness (QED) is 0.0803. The van der Waals surface area contributed by atoms with Gasteiger partial charge in [0.2, 0.25) is 0 Å². The van der Waals surface area contributed by atoms with Gasteiger partial charge in [-0.15, -0.1) is 0 Å². The highest BCUT2D eigenvalue weighted by Gasteiger charge is 2.11. The SMILES string of the molecule is COC(=O)c1ccnc(COS(C)(=O)=O)c1.COC(=O)c1ccnc(Cn2cc3cc(C)ccc3n2)c1.COC(=O)c1ccnc(Cn2ncc3cc(C)ccc32)c1.Cc1ccc2[nH]ncc2c1. The van der Waals surface area contributed by atoms with Crippen molar-refractivity contribution in [2.24, 2.45) is 0 Å². The van der Waals surface area contributed by atoms with Crippen LogP contribution in [0, 0.1) is 20.8 Å². The van der Waals surface area contributed by atoms with E-state index < -0.39 is 16.1 Å². The molecule has 0 amide bonds. The van der Waals surface area contributed by atoms with Gasteiger partial charge in [0.1, 0.15) is 6.61 Å². The zero-order valence-corrected chi connectivity index (χ0v) is 39.2. The number of ether oxygens (including phenoxy) is 3. The molecule has 0 fully saturated rings. The van der Waals surface area contributed by atoms with Crippen molar-refractivity contribution in [3.05, 3.63) is 179 Å². The van der Waals surface area contributed by atoms with Crippen molar-refractivity contribution in [3.63, 3.8) is 0 Å². The first-order valence-corrected chi connectivity index (χ1v) is 22.6. The number of aromatic amines is 1. The minimum atomic E-state index is -3.52. The Kier molecular flexibility index (Phi) is 16.6. The first kappa shape index (κ1) is 49.3. The molecule has 0 spiro atoms. The summed E-state index contributed by atoms with van der Waals surface area (Å²) in [4.78, 5) is 46.6. The average molecular weight is 940 g/mol. The summed E-state index contributed by atoms with van der Waals surface area (Å²) >= 11 is 0. The molecule has 9 aromatic rings. The largest absolute Gasteiger partial charge is 0.465 e. The third-order valence-corrected chi connectivity index (χ3v) is 10.4. The molecule has 9 rings (SSSR count). The van der Waals surface area contributed by atoms with Crippen LogP contribution in [0.25, 0.3) is 32.7 Å². The van der Waals surface area contributed by atoms with Crippen LogP contribution < -0.4 is 0 Å². The number of nitrogens with one attached hydrogen (secondary N) is 1. The highest BCUT2D eigenvalue weighted by molar-refractivity contribution is 7.85. The molecule has 0 radical (unpaired) electrons. The molecule has 6 heterocycles. The van der Waals surface area contributed by atoms with Crippen LogP contribution in [0.2, 0.25) is 0 Å². The first-order valence-electron chi connectivity index (χ1n) is 20.8. The maximum Gasteiger partial charge on any atom is 0.337 e. The molecule has 0 bridgehead atoms. The highest BCUT2D eigenvalue weighted by atomic mass is 32.2. The number of hydrogen-bond donors (Lipinski definition) is 1. The van der Waals surface area contributed by atoms with Crippen LogP contribution in [0.5, 0.6) is 0 Å². The normalized spacial score (nSPS) is 10.8. The number of carbonyl (C=O) groups excluding carboxylic acids is 3. The molecule has 0 unspecified atom stereocenters. The van der Waals surface area contributed by atoms with Crippen LogP contribution in [0.1, 0.15) is 64.8 Å². The lowest BCUT2D eigenvalue weighted by molar-refractivity contribution is 0.0591. The van der Waals surface area contributed by atoms with Crippen molar-refractivity contribution >= 4 is 60.7 Å². The number of pyridine rings is 3. The fourth-order valence-corrected chi connectivity index (χ4v) is 6.91. The average Bonchev–Trinajstić information content (AvgIpc) is 4.08. The second kappa shape index (κ2) is 22.8. The Labute approximate surface area is 392 Å². The molecule has 0 aliphatic heterocycles. The van der Waals surface area contributed by atoms with Gasteiger partial charge in [0, 0.05) is 40.9 Å². The molecule has 19 heteroatoms. The van der Waals surface area contributed by atoms with Crippen molar-refractivity contribution in [1.82, 2.24) is 44.7 Å². The Morgan fingerprint density at radius 1 is 0.603 bits per heavy atom. The van der Waals surface area contributed by atoms with Gasteiger partial charge in [-0.05, 0) is 93.6 Å². The topological polar surface area (TPSA) is 225 Å². The third kappa shape index (κ3) is 13.9. The van der Waals surface area contributed by atoms with Gasteiger partial charge < -0.3 is 14.2 Å². The number of benzene rings is 3. The summed E-state index contributed by atoms with van der Waals surface area (Å²) in [6, 6.07) is 28.2. The number of aromatic nitrogens is 9. The first-order chi connectivity index (χ1) is 32.6. The van der Waals surface area contributed by atoms with Gasteiger partial charge in [0.25, 0.3) is 10.1 Å². The van der Waals surface area contributed by atoms with Crippen molar-refractivity contribution in [2.45, 2.75) is 40.5 Å².